The summed E-state index contributed by atoms with van der Waals surface area (Å²) >= 11 is 0. The van der Waals surface area contributed by atoms with Crippen LogP contribution < -0.4 is 5.32 Å². The third-order valence-corrected chi connectivity index (χ3v) is 2.58. The fourth-order valence-corrected chi connectivity index (χ4v) is 1.35. The van der Waals surface area contributed by atoms with Crippen LogP contribution in [0.5, 0.6) is 0 Å². The quantitative estimate of drug-likeness (QED) is 0.645. The lowest BCUT2D eigenvalue weighted by Crippen LogP contribution is -2.22. The molecular formula is C13H16N2O5. The van der Waals surface area contributed by atoms with E-state index in [4.69, 9.17) is 5.11 Å². The first kappa shape index (κ1) is 15.6. The second-order valence-corrected chi connectivity index (χ2v) is 4.28. The van der Waals surface area contributed by atoms with Crippen LogP contribution in [0.1, 0.15) is 30.1 Å². The highest BCUT2D eigenvalue weighted by atomic mass is 16.6. The zero-order chi connectivity index (χ0) is 15.1. The summed E-state index contributed by atoms with van der Waals surface area (Å²) in [7, 11) is 0. The topological polar surface area (TPSA) is 110 Å². The predicted molar refractivity (Wildman–Crippen MR) is 71.5 cm³/mol. The average molecular weight is 280 g/mol. The van der Waals surface area contributed by atoms with Gasteiger partial charge in [0, 0.05) is 24.2 Å². The molecule has 0 saturated heterocycles. The van der Waals surface area contributed by atoms with Gasteiger partial charge in [0.2, 0.25) is 0 Å². The summed E-state index contributed by atoms with van der Waals surface area (Å²) in [6.45, 7) is 2.29. The molecule has 1 amide bonds. The van der Waals surface area contributed by atoms with Gasteiger partial charge in [0.1, 0.15) is 0 Å². The van der Waals surface area contributed by atoms with Crippen LogP contribution >= 0.6 is 0 Å². The number of carboxylic acid groups (broad SMARTS) is 1. The van der Waals surface area contributed by atoms with Crippen LogP contribution in [0, 0.1) is 16.0 Å². The number of rotatable bonds is 4. The number of carboxylic acids is 1. The summed E-state index contributed by atoms with van der Waals surface area (Å²) in [5.41, 5.74) is 0.231. The Hall–Kier alpha value is -2.44. The van der Waals surface area contributed by atoms with Crippen LogP contribution in [0.4, 0.5) is 5.69 Å². The Balaban J connectivity index is 0.000000276. The molecule has 20 heavy (non-hydrogen) atoms. The van der Waals surface area contributed by atoms with Gasteiger partial charge in [-0.2, -0.15) is 0 Å². The van der Waals surface area contributed by atoms with Gasteiger partial charge < -0.3 is 10.4 Å². The monoisotopic (exact) mass is 280 g/mol. The number of nitrogens with one attached hydrogen (secondary N) is 1. The number of hydrogen-bond donors (Lipinski definition) is 2. The molecule has 0 radical (unpaired) electrons. The molecular weight excluding hydrogens is 264 g/mol. The summed E-state index contributed by atoms with van der Waals surface area (Å²) in [5.74, 6) is -0.906. The molecule has 1 aromatic carbocycles. The largest absolute Gasteiger partial charge is 0.481 e. The zero-order valence-electron chi connectivity index (χ0n) is 11.0. The van der Waals surface area contributed by atoms with Crippen LogP contribution in [0.3, 0.4) is 0 Å². The Morgan fingerprint density at radius 1 is 1.45 bits per heavy atom. The van der Waals surface area contributed by atoms with E-state index >= 15 is 0 Å². The SMILES string of the molecule is CCNC(=O)c1cccc([N+](=O)[O-])c1.O=C(O)C1CC1. The van der Waals surface area contributed by atoms with Gasteiger partial charge in [0.25, 0.3) is 11.6 Å². The molecule has 0 atom stereocenters. The van der Waals surface area contributed by atoms with E-state index < -0.39 is 10.9 Å². The minimum Gasteiger partial charge on any atom is -0.481 e. The molecule has 0 aliphatic heterocycles. The smallest absolute Gasteiger partial charge is 0.306 e. The van der Waals surface area contributed by atoms with Crippen LogP contribution in [-0.4, -0.2) is 28.5 Å². The Labute approximate surface area is 115 Å². The summed E-state index contributed by atoms with van der Waals surface area (Å²) in [6.07, 6.45) is 1.80. The van der Waals surface area contributed by atoms with E-state index in [0.717, 1.165) is 12.8 Å². The number of benzene rings is 1. The number of hydrogen-bond acceptors (Lipinski definition) is 4. The van der Waals surface area contributed by atoms with Crippen molar-refractivity contribution in [2.24, 2.45) is 5.92 Å². The lowest BCUT2D eigenvalue weighted by atomic mass is 10.2. The Bertz CT molecular complexity index is 511. The van der Waals surface area contributed by atoms with E-state index in [-0.39, 0.29) is 17.5 Å². The van der Waals surface area contributed by atoms with Gasteiger partial charge in [-0.1, -0.05) is 6.07 Å². The first-order valence-corrected chi connectivity index (χ1v) is 6.21. The maximum atomic E-state index is 11.3. The van der Waals surface area contributed by atoms with E-state index in [1.165, 1.54) is 24.3 Å². The third kappa shape index (κ3) is 5.05. The molecule has 0 aromatic heterocycles. The van der Waals surface area contributed by atoms with Crippen molar-refractivity contribution < 1.29 is 19.6 Å². The number of amides is 1. The number of carbonyl (C=O) groups excluding carboxylic acids is 1. The van der Waals surface area contributed by atoms with Gasteiger partial charge in [-0.3, -0.25) is 19.7 Å². The number of nitrogens with zero attached hydrogens (tertiary/aromatic N) is 1. The first-order chi connectivity index (χ1) is 9.45. The second-order valence-electron chi connectivity index (χ2n) is 4.28. The fraction of sp³-hybridized carbons (Fsp3) is 0.385. The lowest BCUT2D eigenvalue weighted by molar-refractivity contribution is -0.384. The molecule has 0 spiro atoms. The van der Waals surface area contributed by atoms with Crippen molar-refractivity contribution in [3.05, 3.63) is 39.9 Å². The molecule has 2 N–H and O–H groups in total. The molecule has 108 valence electrons. The number of aliphatic carboxylic acids is 1. The van der Waals surface area contributed by atoms with E-state index in [1.54, 1.807) is 6.92 Å². The Morgan fingerprint density at radius 2 is 2.10 bits per heavy atom. The zero-order valence-corrected chi connectivity index (χ0v) is 11.0. The molecule has 1 aliphatic rings. The second kappa shape index (κ2) is 7.22. The number of non-ortho nitro benzene ring substituents is 1. The van der Waals surface area contributed by atoms with Gasteiger partial charge in [-0.15, -0.1) is 0 Å². The number of nitro benzene ring substituents is 1. The van der Waals surface area contributed by atoms with E-state index in [9.17, 15) is 19.7 Å². The van der Waals surface area contributed by atoms with E-state index in [2.05, 4.69) is 5.32 Å². The van der Waals surface area contributed by atoms with Crippen molar-refractivity contribution >= 4 is 17.6 Å². The summed E-state index contributed by atoms with van der Waals surface area (Å²) < 4.78 is 0. The Kier molecular flexibility index (Phi) is 5.64. The molecule has 0 heterocycles. The third-order valence-electron chi connectivity index (χ3n) is 2.58. The average Bonchev–Trinajstić information content (AvgIpc) is 3.24. The van der Waals surface area contributed by atoms with Crippen LogP contribution in [-0.2, 0) is 4.79 Å². The van der Waals surface area contributed by atoms with Gasteiger partial charge in [-0.05, 0) is 25.8 Å². The first-order valence-electron chi connectivity index (χ1n) is 6.21. The molecule has 1 aromatic rings. The molecule has 2 rings (SSSR count). The van der Waals surface area contributed by atoms with Crippen LogP contribution in [0.15, 0.2) is 24.3 Å². The normalized spacial score (nSPS) is 12.8. The fourth-order valence-electron chi connectivity index (χ4n) is 1.35. The molecule has 1 saturated carbocycles. The van der Waals surface area contributed by atoms with Crippen molar-refractivity contribution in [2.45, 2.75) is 19.8 Å². The minimum atomic E-state index is -0.630. The van der Waals surface area contributed by atoms with Crippen molar-refractivity contribution in [3.63, 3.8) is 0 Å². The maximum absolute atomic E-state index is 11.3. The lowest BCUT2D eigenvalue weighted by Gasteiger charge is -2.00. The van der Waals surface area contributed by atoms with E-state index in [0.29, 0.717) is 12.1 Å². The minimum absolute atomic E-state index is 0.0185. The number of carbonyl (C=O) groups is 2. The predicted octanol–water partition coefficient (Wildman–Crippen LogP) is 1.83. The standard InChI is InChI=1S/C9H10N2O3.C4H6O2/c1-2-10-9(12)7-4-3-5-8(6-7)11(13)14;5-4(6)3-1-2-3/h3-6H,2H2,1H3,(H,10,12);3H,1-2H2,(H,5,6). The highest BCUT2D eigenvalue weighted by Crippen LogP contribution is 2.28. The summed E-state index contributed by atoms with van der Waals surface area (Å²) in [6, 6.07) is 5.63. The van der Waals surface area contributed by atoms with Crippen molar-refractivity contribution in [3.8, 4) is 0 Å². The van der Waals surface area contributed by atoms with Gasteiger partial charge >= 0.3 is 5.97 Å². The molecule has 0 bridgehead atoms. The number of nitro groups is 1. The van der Waals surface area contributed by atoms with Crippen molar-refractivity contribution in [1.82, 2.24) is 5.32 Å². The molecule has 1 aliphatic carbocycles. The van der Waals surface area contributed by atoms with Crippen molar-refractivity contribution in [1.29, 1.82) is 0 Å². The maximum Gasteiger partial charge on any atom is 0.306 e. The molecule has 0 unspecified atom stereocenters. The van der Waals surface area contributed by atoms with Crippen LogP contribution in [0.25, 0.3) is 0 Å². The van der Waals surface area contributed by atoms with Gasteiger partial charge in [0.15, 0.2) is 0 Å². The summed E-state index contributed by atoms with van der Waals surface area (Å²) in [5, 5.41) is 21.0. The molecule has 7 nitrogen and oxygen atoms in total. The molecule has 7 heteroatoms. The van der Waals surface area contributed by atoms with Crippen LogP contribution in [0.2, 0.25) is 0 Å². The highest BCUT2D eigenvalue weighted by Gasteiger charge is 2.28. The summed E-state index contributed by atoms with van der Waals surface area (Å²) in [4.78, 5) is 30.9. The Morgan fingerprint density at radius 3 is 2.50 bits per heavy atom. The van der Waals surface area contributed by atoms with Crippen molar-refractivity contribution in [2.75, 3.05) is 6.54 Å². The van der Waals surface area contributed by atoms with Gasteiger partial charge in [-0.25, -0.2) is 0 Å². The highest BCUT2D eigenvalue weighted by molar-refractivity contribution is 5.94. The molecule has 1 fully saturated rings. The van der Waals surface area contributed by atoms with Gasteiger partial charge in [0.05, 0.1) is 10.8 Å². The van der Waals surface area contributed by atoms with E-state index in [1.807, 2.05) is 0 Å².